The fourth-order valence-electron chi connectivity index (χ4n) is 2.15. The van der Waals surface area contributed by atoms with Crippen LogP contribution >= 0.6 is 23.2 Å². The fourth-order valence-corrected chi connectivity index (χ4v) is 2.47. The Bertz CT molecular complexity index is 534. The number of hydrogen-bond donors (Lipinski definition) is 1. The van der Waals surface area contributed by atoms with E-state index >= 15 is 0 Å². The first kappa shape index (κ1) is 15.1. The number of nitrogens with zero attached hydrogens (tertiary/aromatic N) is 1. The van der Waals surface area contributed by atoms with Crippen LogP contribution in [0.4, 0.5) is 4.79 Å². The van der Waals surface area contributed by atoms with E-state index in [9.17, 15) is 9.59 Å². The van der Waals surface area contributed by atoms with Crippen LogP contribution in [-0.4, -0.2) is 29.4 Å². The summed E-state index contributed by atoms with van der Waals surface area (Å²) in [7, 11) is 0. The third-order valence-electron chi connectivity index (χ3n) is 3.27. The van der Waals surface area contributed by atoms with E-state index < -0.39 is 6.04 Å². The van der Waals surface area contributed by atoms with Crippen molar-refractivity contribution in [1.29, 1.82) is 0 Å². The number of carbonyl (C=O) groups excluding carboxylic acids is 2. The molecular formula is C14H16Cl2N2O2. The van der Waals surface area contributed by atoms with Gasteiger partial charge in [0.1, 0.15) is 6.04 Å². The van der Waals surface area contributed by atoms with Gasteiger partial charge in [-0.05, 0) is 24.1 Å². The maximum atomic E-state index is 12.2. The lowest BCUT2D eigenvalue weighted by atomic mass is 10.1. The number of imide groups is 1. The van der Waals surface area contributed by atoms with Crippen LogP contribution in [0.2, 0.25) is 10.0 Å². The monoisotopic (exact) mass is 314 g/mol. The molecule has 0 bridgehead atoms. The van der Waals surface area contributed by atoms with Crippen LogP contribution in [0.1, 0.15) is 25.3 Å². The summed E-state index contributed by atoms with van der Waals surface area (Å²) in [6, 6.07) is 4.39. The molecule has 1 aliphatic heterocycles. The van der Waals surface area contributed by atoms with Crippen molar-refractivity contribution in [1.82, 2.24) is 10.2 Å². The minimum atomic E-state index is -0.517. The largest absolute Gasteiger partial charge is 0.325 e. The molecule has 6 heteroatoms. The van der Waals surface area contributed by atoms with Gasteiger partial charge in [0.2, 0.25) is 0 Å². The number of hydrogen-bond acceptors (Lipinski definition) is 2. The zero-order chi connectivity index (χ0) is 14.7. The maximum Gasteiger partial charge on any atom is 0.324 e. The Kier molecular flexibility index (Phi) is 4.89. The second-order valence-electron chi connectivity index (χ2n) is 4.80. The quantitative estimate of drug-likeness (QED) is 0.848. The molecule has 1 heterocycles. The minimum Gasteiger partial charge on any atom is -0.325 e. The molecule has 1 aliphatic rings. The third-order valence-corrected chi connectivity index (χ3v) is 4.01. The van der Waals surface area contributed by atoms with Crippen molar-refractivity contribution < 1.29 is 9.59 Å². The third kappa shape index (κ3) is 3.25. The van der Waals surface area contributed by atoms with Gasteiger partial charge in [0, 0.05) is 13.0 Å². The maximum absolute atomic E-state index is 12.2. The van der Waals surface area contributed by atoms with E-state index in [0.29, 0.717) is 23.0 Å². The number of benzene rings is 1. The molecule has 1 unspecified atom stereocenters. The van der Waals surface area contributed by atoms with Crippen molar-refractivity contribution in [2.75, 3.05) is 6.54 Å². The summed E-state index contributed by atoms with van der Waals surface area (Å²) in [6.07, 6.45) is 2.18. The molecule has 0 spiro atoms. The molecule has 108 valence electrons. The molecule has 1 fully saturated rings. The Labute approximate surface area is 128 Å². The number of nitrogens with one attached hydrogen (secondary N) is 1. The molecular weight excluding hydrogens is 299 g/mol. The molecule has 1 aromatic carbocycles. The number of rotatable bonds is 5. The second-order valence-corrected chi connectivity index (χ2v) is 5.61. The smallest absolute Gasteiger partial charge is 0.324 e. The molecule has 20 heavy (non-hydrogen) atoms. The van der Waals surface area contributed by atoms with Crippen molar-refractivity contribution in [3.8, 4) is 0 Å². The van der Waals surface area contributed by atoms with E-state index in [1.54, 1.807) is 12.1 Å². The van der Waals surface area contributed by atoms with Crippen LogP contribution in [0, 0.1) is 0 Å². The van der Waals surface area contributed by atoms with Gasteiger partial charge >= 0.3 is 6.03 Å². The molecule has 1 saturated heterocycles. The highest BCUT2D eigenvalue weighted by molar-refractivity contribution is 6.42. The first-order chi connectivity index (χ1) is 9.52. The van der Waals surface area contributed by atoms with Crippen molar-refractivity contribution in [3.63, 3.8) is 0 Å². The molecule has 1 aromatic rings. The van der Waals surface area contributed by atoms with Gasteiger partial charge in [-0.15, -0.1) is 0 Å². The summed E-state index contributed by atoms with van der Waals surface area (Å²) in [4.78, 5) is 25.2. The number of urea groups is 1. The summed E-state index contributed by atoms with van der Waals surface area (Å²) in [5, 5.41) is 3.63. The fraction of sp³-hybridized carbons (Fsp3) is 0.429. The van der Waals surface area contributed by atoms with Gasteiger partial charge in [0.05, 0.1) is 10.0 Å². The number of amides is 3. The average molecular weight is 315 g/mol. The zero-order valence-electron chi connectivity index (χ0n) is 11.2. The lowest BCUT2D eigenvalue weighted by Crippen LogP contribution is -2.33. The van der Waals surface area contributed by atoms with Crippen LogP contribution in [-0.2, 0) is 11.2 Å². The first-order valence-corrected chi connectivity index (χ1v) is 7.34. The summed E-state index contributed by atoms with van der Waals surface area (Å²) in [5.74, 6) is -0.172. The highest BCUT2D eigenvalue weighted by atomic mass is 35.5. The molecule has 1 N–H and O–H groups in total. The van der Waals surface area contributed by atoms with Gasteiger partial charge in [0.25, 0.3) is 5.91 Å². The van der Waals surface area contributed by atoms with Crippen molar-refractivity contribution in [2.45, 2.75) is 32.2 Å². The summed E-state index contributed by atoms with van der Waals surface area (Å²) in [5.41, 5.74) is 0.871. The Morgan fingerprint density at radius 1 is 1.25 bits per heavy atom. The van der Waals surface area contributed by atoms with E-state index in [-0.39, 0.29) is 11.9 Å². The number of carbonyl (C=O) groups is 2. The second kappa shape index (κ2) is 6.46. The van der Waals surface area contributed by atoms with Crippen molar-refractivity contribution in [3.05, 3.63) is 33.8 Å². The molecule has 1 atom stereocenters. The van der Waals surface area contributed by atoms with E-state index in [0.717, 1.165) is 18.4 Å². The SMILES string of the molecule is CCCCN1C(=O)NC(Cc2ccc(Cl)c(Cl)c2)C1=O. The number of unbranched alkanes of at least 4 members (excludes halogenated alkanes) is 1. The van der Waals surface area contributed by atoms with Gasteiger partial charge < -0.3 is 5.32 Å². The highest BCUT2D eigenvalue weighted by Gasteiger charge is 2.37. The molecule has 4 nitrogen and oxygen atoms in total. The molecule has 2 rings (SSSR count). The van der Waals surface area contributed by atoms with Crippen LogP contribution in [0.5, 0.6) is 0 Å². The molecule has 0 aliphatic carbocycles. The average Bonchev–Trinajstić information content (AvgIpc) is 2.67. The van der Waals surface area contributed by atoms with Crippen LogP contribution < -0.4 is 5.32 Å². The van der Waals surface area contributed by atoms with E-state index in [2.05, 4.69) is 5.32 Å². The summed E-state index contributed by atoms with van der Waals surface area (Å²) >= 11 is 11.8. The Morgan fingerprint density at radius 3 is 2.65 bits per heavy atom. The standard InChI is InChI=1S/C14H16Cl2N2O2/c1-2-3-6-18-13(19)12(17-14(18)20)8-9-4-5-10(15)11(16)7-9/h4-5,7,12H,2-3,6,8H2,1H3,(H,17,20). The first-order valence-electron chi connectivity index (χ1n) is 6.58. The van der Waals surface area contributed by atoms with Crippen LogP contribution in [0.15, 0.2) is 18.2 Å². The summed E-state index contributed by atoms with van der Waals surface area (Å²) < 4.78 is 0. The molecule has 0 aromatic heterocycles. The van der Waals surface area contributed by atoms with Crippen molar-refractivity contribution >= 4 is 35.1 Å². The van der Waals surface area contributed by atoms with E-state index in [1.807, 2.05) is 13.0 Å². The molecule has 0 radical (unpaired) electrons. The van der Waals surface area contributed by atoms with E-state index in [1.165, 1.54) is 4.90 Å². The lowest BCUT2D eigenvalue weighted by Gasteiger charge is -2.12. The van der Waals surface area contributed by atoms with Crippen molar-refractivity contribution in [2.24, 2.45) is 0 Å². The van der Waals surface area contributed by atoms with Crippen LogP contribution in [0.25, 0.3) is 0 Å². The van der Waals surface area contributed by atoms with Gasteiger partial charge in [0.15, 0.2) is 0 Å². The van der Waals surface area contributed by atoms with Gasteiger partial charge in [-0.1, -0.05) is 42.6 Å². The normalized spacial score (nSPS) is 18.6. The minimum absolute atomic E-state index is 0.172. The Hall–Kier alpha value is -1.26. The van der Waals surface area contributed by atoms with Crippen LogP contribution in [0.3, 0.4) is 0 Å². The van der Waals surface area contributed by atoms with Gasteiger partial charge in [-0.25, -0.2) is 4.79 Å². The number of halogens is 2. The van der Waals surface area contributed by atoms with E-state index in [4.69, 9.17) is 23.2 Å². The topological polar surface area (TPSA) is 49.4 Å². The zero-order valence-corrected chi connectivity index (χ0v) is 12.7. The Morgan fingerprint density at radius 2 is 2.00 bits per heavy atom. The highest BCUT2D eigenvalue weighted by Crippen LogP contribution is 2.24. The van der Waals surface area contributed by atoms with Gasteiger partial charge in [-0.3, -0.25) is 9.69 Å². The van der Waals surface area contributed by atoms with Gasteiger partial charge in [-0.2, -0.15) is 0 Å². The molecule has 3 amide bonds. The summed E-state index contributed by atoms with van der Waals surface area (Å²) in [6.45, 7) is 2.49. The molecule has 0 saturated carbocycles. The predicted octanol–water partition coefficient (Wildman–Crippen LogP) is 3.26. The Balaban J connectivity index is 2.05. The lowest BCUT2D eigenvalue weighted by molar-refractivity contribution is -0.127. The predicted molar refractivity (Wildman–Crippen MR) is 79.1 cm³/mol.